The molecule has 1 aromatic carbocycles. The number of hydrogen-bond acceptors (Lipinski definition) is 4. The van der Waals surface area contributed by atoms with Gasteiger partial charge in [0.05, 0.1) is 17.9 Å². The Morgan fingerprint density at radius 2 is 2.04 bits per heavy atom. The third-order valence-electron chi connectivity index (χ3n) is 3.93. The van der Waals surface area contributed by atoms with Crippen LogP contribution >= 0.6 is 24.2 Å². The fraction of sp³-hybridized carbons (Fsp3) is 0.412. The maximum atomic E-state index is 12.1. The monoisotopic (exact) mass is 368 g/mol. The molecule has 24 heavy (non-hydrogen) atoms. The van der Waals surface area contributed by atoms with Gasteiger partial charge in [-0.25, -0.2) is 4.68 Å². The highest BCUT2D eigenvalue weighted by molar-refractivity contribution is 8.00. The van der Waals surface area contributed by atoms with Crippen LogP contribution < -0.4 is 11.1 Å². The van der Waals surface area contributed by atoms with E-state index >= 15 is 0 Å². The maximum Gasteiger partial charge on any atom is 0.238 e. The number of carbonyl (C=O) groups is 1. The fourth-order valence-electron chi connectivity index (χ4n) is 2.09. The lowest BCUT2D eigenvalue weighted by molar-refractivity contribution is -0.122. The number of para-hydroxylation sites is 1. The summed E-state index contributed by atoms with van der Waals surface area (Å²) in [5.74, 6) is -0.111. The molecule has 1 atom stereocenters. The van der Waals surface area contributed by atoms with Crippen molar-refractivity contribution in [1.29, 1.82) is 0 Å². The van der Waals surface area contributed by atoms with Gasteiger partial charge in [-0.1, -0.05) is 18.2 Å². The number of halogens is 1. The van der Waals surface area contributed by atoms with E-state index in [2.05, 4.69) is 10.4 Å². The smallest absolute Gasteiger partial charge is 0.238 e. The highest BCUT2D eigenvalue weighted by atomic mass is 35.5. The van der Waals surface area contributed by atoms with E-state index in [0.29, 0.717) is 6.54 Å². The van der Waals surface area contributed by atoms with Crippen LogP contribution in [0.1, 0.15) is 19.4 Å². The van der Waals surface area contributed by atoms with Crippen LogP contribution in [0.2, 0.25) is 0 Å². The Morgan fingerprint density at radius 1 is 1.38 bits per heavy atom. The molecular weight excluding hydrogens is 344 g/mol. The molecule has 2 aromatic rings. The number of aromatic nitrogens is 2. The van der Waals surface area contributed by atoms with Crippen LogP contribution in [0, 0.1) is 0 Å². The quantitative estimate of drug-likeness (QED) is 0.787. The van der Waals surface area contributed by atoms with Crippen molar-refractivity contribution in [2.45, 2.75) is 31.1 Å². The van der Waals surface area contributed by atoms with Gasteiger partial charge in [-0.15, -0.1) is 12.4 Å². The van der Waals surface area contributed by atoms with E-state index in [1.54, 1.807) is 11.8 Å². The molecule has 0 saturated heterocycles. The number of amides is 1. The SMILES string of the molecule is CSC(C)(C)[C@H](N)C(=O)NCCc1cnn(-c2ccccc2)c1.Cl. The van der Waals surface area contributed by atoms with Gasteiger partial charge in [0, 0.05) is 17.5 Å². The van der Waals surface area contributed by atoms with Gasteiger partial charge in [0.1, 0.15) is 0 Å². The van der Waals surface area contributed by atoms with E-state index in [1.807, 2.05) is 67.5 Å². The van der Waals surface area contributed by atoms with Crippen molar-refractivity contribution in [3.63, 3.8) is 0 Å². The van der Waals surface area contributed by atoms with Gasteiger partial charge in [-0.2, -0.15) is 16.9 Å². The highest BCUT2D eigenvalue weighted by Gasteiger charge is 2.30. The zero-order chi connectivity index (χ0) is 16.9. The second-order valence-corrected chi connectivity index (χ2v) is 7.42. The zero-order valence-electron chi connectivity index (χ0n) is 14.2. The Balaban J connectivity index is 0.00000288. The maximum absolute atomic E-state index is 12.1. The van der Waals surface area contributed by atoms with Crippen LogP contribution in [0.3, 0.4) is 0 Å². The molecule has 1 heterocycles. The normalized spacial score (nSPS) is 12.3. The van der Waals surface area contributed by atoms with Crippen LogP contribution in [-0.4, -0.2) is 39.3 Å². The second-order valence-electron chi connectivity index (χ2n) is 5.95. The molecule has 0 bridgehead atoms. The summed E-state index contributed by atoms with van der Waals surface area (Å²) >= 11 is 1.60. The molecule has 0 saturated carbocycles. The van der Waals surface area contributed by atoms with Crippen LogP contribution in [0.4, 0.5) is 0 Å². The van der Waals surface area contributed by atoms with E-state index in [9.17, 15) is 4.79 Å². The second kappa shape index (κ2) is 9.11. The number of benzene rings is 1. The summed E-state index contributed by atoms with van der Waals surface area (Å²) in [5, 5.41) is 7.25. The molecule has 0 radical (unpaired) electrons. The summed E-state index contributed by atoms with van der Waals surface area (Å²) in [6.07, 6.45) is 6.49. The van der Waals surface area contributed by atoms with Crippen LogP contribution in [0.25, 0.3) is 5.69 Å². The minimum atomic E-state index is -0.524. The summed E-state index contributed by atoms with van der Waals surface area (Å²) in [5.41, 5.74) is 8.11. The average molecular weight is 369 g/mol. The lowest BCUT2D eigenvalue weighted by atomic mass is 10.0. The minimum Gasteiger partial charge on any atom is -0.354 e. The number of rotatable bonds is 7. The zero-order valence-corrected chi connectivity index (χ0v) is 15.9. The first-order chi connectivity index (χ1) is 10.9. The average Bonchev–Trinajstić information content (AvgIpc) is 3.03. The first-order valence-corrected chi connectivity index (χ1v) is 8.84. The molecule has 7 heteroatoms. The Labute approximate surface area is 153 Å². The predicted octanol–water partition coefficient (Wildman–Crippen LogP) is 2.42. The van der Waals surface area contributed by atoms with Gasteiger partial charge < -0.3 is 11.1 Å². The standard InChI is InChI=1S/C17H24N4OS.ClH/c1-17(2,23-3)15(18)16(22)19-10-9-13-11-20-21(12-13)14-7-5-4-6-8-14;/h4-8,11-12,15H,9-10,18H2,1-3H3,(H,19,22);1H/t15-;/m1./s1. The molecule has 2 rings (SSSR count). The summed E-state index contributed by atoms with van der Waals surface area (Å²) in [6, 6.07) is 9.41. The largest absolute Gasteiger partial charge is 0.354 e. The molecule has 0 unspecified atom stereocenters. The number of nitrogens with one attached hydrogen (secondary N) is 1. The summed E-state index contributed by atoms with van der Waals surface area (Å²) < 4.78 is 1.56. The lowest BCUT2D eigenvalue weighted by Gasteiger charge is -2.28. The predicted molar refractivity (Wildman–Crippen MR) is 103 cm³/mol. The molecule has 1 aromatic heterocycles. The van der Waals surface area contributed by atoms with Gasteiger partial charge in [0.25, 0.3) is 0 Å². The van der Waals surface area contributed by atoms with Crippen molar-refractivity contribution in [3.05, 3.63) is 48.3 Å². The van der Waals surface area contributed by atoms with Crippen molar-refractivity contribution >= 4 is 30.1 Å². The van der Waals surface area contributed by atoms with Crippen LogP contribution in [0.5, 0.6) is 0 Å². The number of thioether (sulfide) groups is 1. The molecule has 3 N–H and O–H groups in total. The lowest BCUT2D eigenvalue weighted by Crippen LogP contribution is -2.52. The molecular formula is C17H25ClN4OS. The Bertz CT molecular complexity index is 645. The molecule has 5 nitrogen and oxygen atoms in total. The van der Waals surface area contributed by atoms with E-state index in [-0.39, 0.29) is 23.1 Å². The molecule has 1 amide bonds. The number of nitrogens with two attached hydrogens (primary N) is 1. The first kappa shape index (κ1) is 20.5. The topological polar surface area (TPSA) is 72.9 Å². The van der Waals surface area contributed by atoms with Crippen LogP contribution in [-0.2, 0) is 11.2 Å². The van der Waals surface area contributed by atoms with Crippen molar-refractivity contribution in [2.24, 2.45) is 5.73 Å². The highest BCUT2D eigenvalue weighted by Crippen LogP contribution is 2.24. The number of carbonyl (C=O) groups excluding carboxylic acids is 1. The molecule has 132 valence electrons. The van der Waals surface area contributed by atoms with Gasteiger partial charge in [0.2, 0.25) is 5.91 Å². The van der Waals surface area contributed by atoms with E-state index in [4.69, 9.17) is 5.73 Å². The Kier molecular flexibility index (Phi) is 7.79. The number of hydrogen-bond donors (Lipinski definition) is 2. The van der Waals surface area contributed by atoms with E-state index in [1.165, 1.54) is 0 Å². The summed E-state index contributed by atoms with van der Waals surface area (Å²) in [7, 11) is 0. The van der Waals surface area contributed by atoms with Crippen molar-refractivity contribution < 1.29 is 4.79 Å². The molecule has 0 aliphatic rings. The van der Waals surface area contributed by atoms with Crippen molar-refractivity contribution in [3.8, 4) is 5.69 Å². The fourth-order valence-corrected chi connectivity index (χ4v) is 2.45. The van der Waals surface area contributed by atoms with E-state index in [0.717, 1.165) is 17.7 Å². The van der Waals surface area contributed by atoms with Crippen molar-refractivity contribution in [1.82, 2.24) is 15.1 Å². The van der Waals surface area contributed by atoms with Crippen LogP contribution in [0.15, 0.2) is 42.7 Å². The third-order valence-corrected chi connectivity index (χ3v) is 5.23. The van der Waals surface area contributed by atoms with Gasteiger partial charge >= 0.3 is 0 Å². The summed E-state index contributed by atoms with van der Waals surface area (Å²) in [6.45, 7) is 4.51. The third kappa shape index (κ3) is 5.26. The Morgan fingerprint density at radius 3 is 2.67 bits per heavy atom. The Hall–Kier alpha value is -1.50. The molecule has 0 spiro atoms. The molecule has 0 fully saturated rings. The first-order valence-electron chi connectivity index (χ1n) is 7.61. The summed E-state index contributed by atoms with van der Waals surface area (Å²) in [4.78, 5) is 12.1. The van der Waals surface area contributed by atoms with Crippen molar-refractivity contribution in [2.75, 3.05) is 12.8 Å². The molecule has 0 aliphatic carbocycles. The number of nitrogens with zero attached hydrogens (tertiary/aromatic N) is 2. The van der Waals surface area contributed by atoms with Gasteiger partial charge in [0.15, 0.2) is 0 Å². The minimum absolute atomic E-state index is 0. The van der Waals surface area contributed by atoms with Gasteiger partial charge in [-0.05, 0) is 44.2 Å². The van der Waals surface area contributed by atoms with E-state index < -0.39 is 6.04 Å². The van der Waals surface area contributed by atoms with Gasteiger partial charge in [-0.3, -0.25) is 4.79 Å². The molecule has 0 aliphatic heterocycles.